The minimum Gasteiger partial charge on any atom is -0.394 e. The highest BCUT2D eigenvalue weighted by molar-refractivity contribution is 5.59. The average Bonchev–Trinajstić information content (AvgIpc) is 2.81. The van der Waals surface area contributed by atoms with E-state index >= 15 is 0 Å². The summed E-state index contributed by atoms with van der Waals surface area (Å²) >= 11 is 0. The molecule has 1 heterocycles. The van der Waals surface area contributed by atoms with E-state index in [2.05, 4.69) is 9.97 Å². The van der Waals surface area contributed by atoms with Gasteiger partial charge < -0.3 is 15.8 Å². The normalized spacial score (nSPS) is 12.7. The van der Waals surface area contributed by atoms with Crippen molar-refractivity contribution in [2.24, 2.45) is 5.73 Å². The molecule has 0 aliphatic heterocycles. The lowest BCUT2D eigenvalue weighted by atomic mass is 10.1. The molecule has 4 nitrogen and oxygen atoms in total. The standard InChI is InChI=1S/C12H14FN3O/c1-7-4-8(2-3-9(7)13)11-5-15-12(16-11)10(14)6-17/h2-5,10,17H,6,14H2,1H3,(H,15,16). The molecule has 2 aromatic rings. The average molecular weight is 235 g/mol. The molecular formula is C12H14FN3O. The predicted octanol–water partition coefficient (Wildman–Crippen LogP) is 1.52. The Morgan fingerprint density at radius 3 is 2.94 bits per heavy atom. The topological polar surface area (TPSA) is 74.9 Å². The fraction of sp³-hybridized carbons (Fsp3) is 0.250. The summed E-state index contributed by atoms with van der Waals surface area (Å²) in [5, 5.41) is 8.91. The molecule has 0 saturated carbocycles. The van der Waals surface area contributed by atoms with E-state index in [-0.39, 0.29) is 12.4 Å². The van der Waals surface area contributed by atoms with Gasteiger partial charge in [-0.1, -0.05) is 0 Å². The minimum atomic E-state index is -0.523. The fourth-order valence-corrected chi connectivity index (χ4v) is 1.57. The van der Waals surface area contributed by atoms with Crippen LogP contribution in [0.4, 0.5) is 4.39 Å². The molecule has 1 aromatic heterocycles. The highest BCUT2D eigenvalue weighted by atomic mass is 19.1. The molecule has 4 N–H and O–H groups in total. The third kappa shape index (κ3) is 2.35. The smallest absolute Gasteiger partial charge is 0.126 e. The molecule has 0 aliphatic rings. The van der Waals surface area contributed by atoms with Crippen LogP contribution >= 0.6 is 0 Å². The van der Waals surface area contributed by atoms with Crippen LogP contribution < -0.4 is 5.73 Å². The predicted molar refractivity (Wildman–Crippen MR) is 62.7 cm³/mol. The number of hydrogen-bond acceptors (Lipinski definition) is 3. The second-order valence-electron chi connectivity index (χ2n) is 3.94. The van der Waals surface area contributed by atoms with E-state index in [0.717, 1.165) is 11.3 Å². The summed E-state index contributed by atoms with van der Waals surface area (Å²) < 4.78 is 13.1. The van der Waals surface area contributed by atoms with E-state index in [0.29, 0.717) is 11.4 Å². The van der Waals surface area contributed by atoms with E-state index in [4.69, 9.17) is 10.8 Å². The number of nitrogens with one attached hydrogen (secondary N) is 1. The third-order valence-corrected chi connectivity index (χ3v) is 2.61. The largest absolute Gasteiger partial charge is 0.394 e. The Morgan fingerprint density at radius 2 is 2.29 bits per heavy atom. The van der Waals surface area contributed by atoms with Gasteiger partial charge in [0.05, 0.1) is 24.5 Å². The maximum Gasteiger partial charge on any atom is 0.126 e. The van der Waals surface area contributed by atoms with Crippen molar-refractivity contribution in [2.45, 2.75) is 13.0 Å². The lowest BCUT2D eigenvalue weighted by molar-refractivity contribution is 0.264. The molecule has 0 aliphatic carbocycles. The number of aromatic nitrogens is 2. The number of hydrogen-bond donors (Lipinski definition) is 3. The second-order valence-corrected chi connectivity index (χ2v) is 3.94. The van der Waals surface area contributed by atoms with Gasteiger partial charge in [-0.25, -0.2) is 9.37 Å². The van der Waals surface area contributed by atoms with E-state index < -0.39 is 6.04 Å². The summed E-state index contributed by atoms with van der Waals surface area (Å²) in [5.74, 6) is 0.282. The van der Waals surface area contributed by atoms with E-state index in [1.807, 2.05) is 0 Å². The van der Waals surface area contributed by atoms with E-state index in [1.165, 1.54) is 6.07 Å². The molecule has 0 radical (unpaired) electrons. The molecule has 1 unspecified atom stereocenters. The van der Waals surface area contributed by atoms with Crippen molar-refractivity contribution in [3.8, 4) is 11.3 Å². The summed E-state index contributed by atoms with van der Waals surface area (Å²) in [6.07, 6.45) is 1.62. The van der Waals surface area contributed by atoms with Crippen LogP contribution in [-0.2, 0) is 0 Å². The number of nitrogens with two attached hydrogens (primary N) is 1. The van der Waals surface area contributed by atoms with Gasteiger partial charge in [-0.3, -0.25) is 0 Å². The number of rotatable bonds is 3. The number of H-pyrrole nitrogens is 1. The van der Waals surface area contributed by atoms with Crippen LogP contribution in [0.3, 0.4) is 0 Å². The van der Waals surface area contributed by atoms with E-state index in [1.54, 1.807) is 25.3 Å². The number of benzene rings is 1. The quantitative estimate of drug-likeness (QED) is 0.755. The van der Waals surface area contributed by atoms with Crippen LogP contribution in [0.1, 0.15) is 17.4 Å². The van der Waals surface area contributed by atoms with Crippen LogP contribution in [0.5, 0.6) is 0 Å². The molecule has 0 amide bonds. The summed E-state index contributed by atoms with van der Waals surface area (Å²) in [6, 6.07) is 4.29. The van der Waals surface area contributed by atoms with Gasteiger partial charge in [0.1, 0.15) is 11.6 Å². The molecule has 17 heavy (non-hydrogen) atoms. The lowest BCUT2D eigenvalue weighted by Gasteiger charge is -2.03. The Morgan fingerprint density at radius 1 is 1.53 bits per heavy atom. The zero-order valence-electron chi connectivity index (χ0n) is 9.44. The number of aliphatic hydroxyl groups is 1. The highest BCUT2D eigenvalue weighted by Gasteiger charge is 2.10. The van der Waals surface area contributed by atoms with Gasteiger partial charge in [-0.2, -0.15) is 0 Å². The molecule has 1 atom stereocenters. The van der Waals surface area contributed by atoms with Crippen LogP contribution in [-0.4, -0.2) is 21.7 Å². The van der Waals surface area contributed by atoms with Crippen LogP contribution in [0, 0.1) is 12.7 Å². The summed E-state index contributed by atoms with van der Waals surface area (Å²) in [6.45, 7) is 1.53. The summed E-state index contributed by atoms with van der Waals surface area (Å²) in [5.41, 5.74) is 7.81. The van der Waals surface area contributed by atoms with Crippen molar-refractivity contribution in [2.75, 3.05) is 6.61 Å². The fourth-order valence-electron chi connectivity index (χ4n) is 1.57. The first-order valence-electron chi connectivity index (χ1n) is 5.29. The Hall–Kier alpha value is -1.72. The lowest BCUT2D eigenvalue weighted by Crippen LogP contribution is -2.15. The molecule has 1 aromatic carbocycles. The number of aromatic amines is 1. The van der Waals surface area contributed by atoms with Crippen molar-refractivity contribution in [1.29, 1.82) is 0 Å². The monoisotopic (exact) mass is 235 g/mol. The number of aliphatic hydroxyl groups excluding tert-OH is 1. The van der Waals surface area contributed by atoms with Crippen LogP contribution in [0.25, 0.3) is 11.3 Å². The number of aryl methyl sites for hydroxylation is 1. The van der Waals surface area contributed by atoms with Crippen molar-refractivity contribution < 1.29 is 9.50 Å². The second kappa shape index (κ2) is 4.65. The van der Waals surface area contributed by atoms with Crippen molar-refractivity contribution in [1.82, 2.24) is 9.97 Å². The summed E-state index contributed by atoms with van der Waals surface area (Å²) in [7, 11) is 0. The molecule has 90 valence electrons. The molecule has 0 saturated heterocycles. The molecule has 0 fully saturated rings. The van der Waals surface area contributed by atoms with Gasteiger partial charge in [-0.15, -0.1) is 0 Å². The van der Waals surface area contributed by atoms with Crippen molar-refractivity contribution in [3.63, 3.8) is 0 Å². The highest BCUT2D eigenvalue weighted by Crippen LogP contribution is 2.21. The van der Waals surface area contributed by atoms with Gasteiger partial charge in [0.25, 0.3) is 0 Å². The molecule has 5 heteroatoms. The molecule has 2 rings (SSSR count). The zero-order valence-corrected chi connectivity index (χ0v) is 9.44. The van der Waals surface area contributed by atoms with E-state index in [9.17, 15) is 4.39 Å². The van der Waals surface area contributed by atoms with Gasteiger partial charge in [0.2, 0.25) is 0 Å². The van der Waals surface area contributed by atoms with Gasteiger partial charge in [-0.05, 0) is 30.7 Å². The third-order valence-electron chi connectivity index (χ3n) is 2.61. The first kappa shape index (κ1) is 11.8. The van der Waals surface area contributed by atoms with Crippen molar-refractivity contribution in [3.05, 3.63) is 41.6 Å². The Bertz CT molecular complexity index is 524. The Kier molecular flexibility index (Phi) is 3.21. The molecular weight excluding hydrogens is 221 g/mol. The molecule has 0 bridgehead atoms. The maximum atomic E-state index is 13.1. The maximum absolute atomic E-state index is 13.1. The SMILES string of the molecule is Cc1cc(-c2cnc(C(N)CO)[nH]2)ccc1F. The zero-order chi connectivity index (χ0) is 12.4. The number of nitrogens with zero attached hydrogens (tertiary/aromatic N) is 1. The Balaban J connectivity index is 2.33. The first-order chi connectivity index (χ1) is 8.11. The van der Waals surface area contributed by atoms with Crippen molar-refractivity contribution >= 4 is 0 Å². The van der Waals surface area contributed by atoms with Crippen LogP contribution in [0.15, 0.2) is 24.4 Å². The number of imidazole rings is 1. The number of halogens is 1. The van der Waals surface area contributed by atoms with Gasteiger partial charge in [0.15, 0.2) is 0 Å². The molecule has 0 spiro atoms. The minimum absolute atomic E-state index is 0.171. The van der Waals surface area contributed by atoms with Crippen LogP contribution in [0.2, 0.25) is 0 Å². The Labute approximate surface area is 98.3 Å². The first-order valence-corrected chi connectivity index (χ1v) is 5.29. The summed E-state index contributed by atoms with van der Waals surface area (Å²) in [4.78, 5) is 7.09. The van der Waals surface area contributed by atoms with Gasteiger partial charge >= 0.3 is 0 Å². The van der Waals surface area contributed by atoms with Gasteiger partial charge in [0, 0.05) is 5.56 Å².